The Balaban J connectivity index is 1.57. The molecule has 1 aliphatic carbocycles. The molecule has 1 aliphatic heterocycles. The summed E-state index contributed by atoms with van der Waals surface area (Å²) in [7, 11) is -3.56. The Kier molecular flexibility index (Phi) is 3.65. The minimum absolute atomic E-state index is 0.191. The van der Waals surface area contributed by atoms with Gasteiger partial charge in [-0.15, -0.1) is 11.3 Å². The average Bonchev–Trinajstić information content (AvgIpc) is 3.15. The monoisotopic (exact) mass is 362 g/mol. The lowest BCUT2D eigenvalue weighted by Gasteiger charge is -2.17. The number of amides is 1. The van der Waals surface area contributed by atoms with Crippen LogP contribution in [0, 0.1) is 12.8 Å². The number of sulfonamides is 1. The first-order valence-corrected chi connectivity index (χ1v) is 10.3. The summed E-state index contributed by atoms with van der Waals surface area (Å²) in [5.74, 6) is 0.396. The minimum Gasteiger partial charge on any atom is -0.312 e. The maximum Gasteiger partial charge on any atom is 0.271 e. The summed E-state index contributed by atoms with van der Waals surface area (Å²) in [5.41, 5.74) is 2.48. The number of fused-ring (bicyclic) bond motifs is 1. The predicted molar refractivity (Wildman–Crippen MR) is 95.1 cm³/mol. The van der Waals surface area contributed by atoms with Gasteiger partial charge in [-0.05, 0) is 62.1 Å². The van der Waals surface area contributed by atoms with Gasteiger partial charge in [-0.25, -0.2) is 8.42 Å². The molecule has 0 unspecified atom stereocenters. The van der Waals surface area contributed by atoms with E-state index in [1.807, 2.05) is 24.0 Å². The van der Waals surface area contributed by atoms with Gasteiger partial charge in [0.05, 0.1) is 0 Å². The van der Waals surface area contributed by atoms with Crippen molar-refractivity contribution in [2.75, 3.05) is 16.2 Å². The molecule has 1 aromatic carbocycles. The number of benzene rings is 1. The Morgan fingerprint density at radius 3 is 2.71 bits per heavy atom. The van der Waals surface area contributed by atoms with Gasteiger partial charge >= 0.3 is 0 Å². The van der Waals surface area contributed by atoms with Gasteiger partial charge in [-0.3, -0.25) is 9.52 Å². The summed E-state index contributed by atoms with van der Waals surface area (Å²) in [5, 5.41) is 0. The molecule has 1 N–H and O–H groups in total. The van der Waals surface area contributed by atoms with Crippen LogP contribution in [0.3, 0.4) is 0 Å². The molecule has 1 amide bonds. The summed E-state index contributed by atoms with van der Waals surface area (Å²) < 4.78 is 27.8. The molecular formula is C17H18N2O3S2. The van der Waals surface area contributed by atoms with Crippen molar-refractivity contribution in [1.29, 1.82) is 0 Å². The molecule has 1 aromatic heterocycles. The SMILES string of the molecule is Cc1ccc(S(=O)(=O)Nc2ccc3c(c2)CCN3C(=O)C2CC2)s1. The number of carbonyl (C=O) groups is 1. The van der Waals surface area contributed by atoms with Crippen LogP contribution in [0.1, 0.15) is 23.3 Å². The largest absolute Gasteiger partial charge is 0.312 e. The number of rotatable bonds is 4. The molecule has 7 heteroatoms. The fraction of sp³-hybridized carbons (Fsp3) is 0.353. The quantitative estimate of drug-likeness (QED) is 0.908. The first-order valence-electron chi connectivity index (χ1n) is 7.97. The van der Waals surface area contributed by atoms with E-state index in [1.165, 1.54) is 11.3 Å². The van der Waals surface area contributed by atoms with Gasteiger partial charge < -0.3 is 4.90 Å². The molecule has 0 bridgehead atoms. The predicted octanol–water partition coefficient (Wildman–Crippen LogP) is 3.16. The van der Waals surface area contributed by atoms with Crippen molar-refractivity contribution >= 4 is 38.6 Å². The zero-order valence-electron chi connectivity index (χ0n) is 13.3. The van der Waals surface area contributed by atoms with E-state index in [2.05, 4.69) is 4.72 Å². The van der Waals surface area contributed by atoms with Crippen LogP contribution in [-0.4, -0.2) is 20.9 Å². The molecule has 1 fully saturated rings. The standard InChI is InChI=1S/C17H18N2O3S2/c1-11-2-7-16(23-11)24(21,22)18-14-5-6-15-13(10-14)8-9-19(15)17(20)12-3-4-12/h2,5-7,10,12,18H,3-4,8-9H2,1H3. The molecule has 0 spiro atoms. The first kappa shape index (κ1) is 15.7. The highest BCUT2D eigenvalue weighted by Gasteiger charge is 2.36. The van der Waals surface area contributed by atoms with Crippen molar-refractivity contribution in [3.8, 4) is 0 Å². The Bertz CT molecular complexity index is 914. The van der Waals surface area contributed by atoms with Crippen LogP contribution in [0.2, 0.25) is 0 Å². The molecule has 126 valence electrons. The highest BCUT2D eigenvalue weighted by Crippen LogP contribution is 2.37. The van der Waals surface area contributed by atoms with Crippen LogP contribution in [-0.2, 0) is 21.2 Å². The van der Waals surface area contributed by atoms with E-state index in [0.29, 0.717) is 16.4 Å². The number of nitrogens with one attached hydrogen (secondary N) is 1. The van der Waals surface area contributed by atoms with Crippen molar-refractivity contribution in [3.05, 3.63) is 40.8 Å². The summed E-state index contributed by atoms with van der Waals surface area (Å²) >= 11 is 1.25. The lowest BCUT2D eigenvalue weighted by atomic mass is 10.1. The van der Waals surface area contributed by atoms with E-state index < -0.39 is 10.0 Å². The van der Waals surface area contributed by atoms with Crippen molar-refractivity contribution < 1.29 is 13.2 Å². The number of anilines is 2. The fourth-order valence-electron chi connectivity index (χ4n) is 3.01. The van der Waals surface area contributed by atoms with Crippen LogP contribution in [0.5, 0.6) is 0 Å². The molecule has 2 aliphatic rings. The molecule has 2 heterocycles. The second-order valence-electron chi connectivity index (χ2n) is 6.33. The highest BCUT2D eigenvalue weighted by molar-refractivity contribution is 7.94. The van der Waals surface area contributed by atoms with E-state index >= 15 is 0 Å². The van der Waals surface area contributed by atoms with Crippen molar-refractivity contribution in [1.82, 2.24) is 0 Å². The van der Waals surface area contributed by atoms with Gasteiger partial charge in [0, 0.05) is 28.7 Å². The third-order valence-corrected chi connectivity index (χ3v) is 7.27. The molecule has 24 heavy (non-hydrogen) atoms. The highest BCUT2D eigenvalue weighted by atomic mass is 32.2. The topological polar surface area (TPSA) is 66.5 Å². The molecular weight excluding hydrogens is 344 g/mol. The molecule has 5 nitrogen and oxygen atoms in total. The lowest BCUT2D eigenvalue weighted by molar-refractivity contribution is -0.119. The Morgan fingerprint density at radius 1 is 1.25 bits per heavy atom. The maximum absolute atomic E-state index is 12.4. The Morgan fingerprint density at radius 2 is 2.04 bits per heavy atom. The number of hydrogen-bond donors (Lipinski definition) is 1. The van der Waals surface area contributed by atoms with Crippen LogP contribution in [0.4, 0.5) is 11.4 Å². The number of hydrogen-bond acceptors (Lipinski definition) is 4. The second-order valence-corrected chi connectivity index (χ2v) is 9.53. The summed E-state index contributed by atoms with van der Waals surface area (Å²) in [4.78, 5) is 15.1. The van der Waals surface area contributed by atoms with Crippen LogP contribution in [0.15, 0.2) is 34.5 Å². The molecule has 4 rings (SSSR count). The summed E-state index contributed by atoms with van der Waals surface area (Å²) in [6.45, 7) is 2.57. The Hall–Kier alpha value is -1.86. The van der Waals surface area contributed by atoms with Crippen molar-refractivity contribution in [2.45, 2.75) is 30.4 Å². The summed E-state index contributed by atoms with van der Waals surface area (Å²) in [6, 6.07) is 8.83. The van der Waals surface area contributed by atoms with Gasteiger partial charge in [0.15, 0.2) is 0 Å². The van der Waals surface area contributed by atoms with Gasteiger partial charge in [0.25, 0.3) is 10.0 Å². The van der Waals surface area contributed by atoms with Crippen LogP contribution in [0.25, 0.3) is 0 Å². The third-order valence-electron chi connectivity index (χ3n) is 4.40. The average molecular weight is 362 g/mol. The fourth-order valence-corrected chi connectivity index (χ4v) is 5.34. The van der Waals surface area contributed by atoms with Crippen molar-refractivity contribution in [2.24, 2.45) is 5.92 Å². The Labute approximate surface area is 145 Å². The number of carbonyl (C=O) groups excluding carboxylic acids is 1. The van der Waals surface area contributed by atoms with E-state index in [1.54, 1.807) is 18.2 Å². The second kappa shape index (κ2) is 5.60. The normalized spacial score (nSPS) is 17.0. The maximum atomic E-state index is 12.4. The van der Waals surface area contributed by atoms with E-state index in [0.717, 1.165) is 35.4 Å². The molecule has 0 radical (unpaired) electrons. The van der Waals surface area contributed by atoms with Gasteiger partial charge in [-0.1, -0.05) is 0 Å². The molecule has 0 atom stereocenters. The molecule has 0 saturated heterocycles. The molecule has 2 aromatic rings. The smallest absolute Gasteiger partial charge is 0.271 e. The van der Waals surface area contributed by atoms with Crippen LogP contribution < -0.4 is 9.62 Å². The first-order chi connectivity index (χ1) is 11.4. The van der Waals surface area contributed by atoms with Gasteiger partial charge in [0.2, 0.25) is 5.91 Å². The zero-order chi connectivity index (χ0) is 16.9. The summed E-state index contributed by atoms with van der Waals surface area (Å²) in [6.07, 6.45) is 2.74. The van der Waals surface area contributed by atoms with Crippen LogP contribution >= 0.6 is 11.3 Å². The third kappa shape index (κ3) is 2.82. The number of nitrogens with zero attached hydrogens (tertiary/aromatic N) is 1. The van der Waals surface area contributed by atoms with Gasteiger partial charge in [0.1, 0.15) is 4.21 Å². The van der Waals surface area contributed by atoms with E-state index in [9.17, 15) is 13.2 Å². The minimum atomic E-state index is -3.56. The number of thiophene rings is 1. The lowest BCUT2D eigenvalue weighted by Crippen LogP contribution is -2.30. The van der Waals surface area contributed by atoms with E-state index in [4.69, 9.17) is 0 Å². The number of aryl methyl sites for hydroxylation is 1. The van der Waals surface area contributed by atoms with E-state index in [-0.39, 0.29) is 11.8 Å². The molecule has 1 saturated carbocycles. The van der Waals surface area contributed by atoms with Crippen molar-refractivity contribution in [3.63, 3.8) is 0 Å². The van der Waals surface area contributed by atoms with Gasteiger partial charge in [-0.2, -0.15) is 0 Å². The zero-order valence-corrected chi connectivity index (χ0v) is 14.9.